The zero-order valence-electron chi connectivity index (χ0n) is 11.1. The fourth-order valence-corrected chi connectivity index (χ4v) is 2.48. The van der Waals surface area contributed by atoms with Gasteiger partial charge in [0.05, 0.1) is 5.52 Å². The van der Waals surface area contributed by atoms with Crippen LogP contribution in [0.3, 0.4) is 0 Å². The maximum absolute atomic E-state index is 4.51. The van der Waals surface area contributed by atoms with Crippen molar-refractivity contribution in [3.05, 3.63) is 41.1 Å². The standard InChI is InChI=1S/C16H21N/c1-4-7-14-8-9-17-16-11-13(6-3)12(5-2)10-15(14)16/h8-11H,4-7H2,1-3H3. The molecule has 90 valence electrons. The maximum atomic E-state index is 4.51. The summed E-state index contributed by atoms with van der Waals surface area (Å²) in [5.74, 6) is 0. The van der Waals surface area contributed by atoms with Gasteiger partial charge in [-0.2, -0.15) is 0 Å². The average molecular weight is 227 g/mol. The minimum Gasteiger partial charge on any atom is -0.256 e. The highest BCUT2D eigenvalue weighted by molar-refractivity contribution is 5.83. The van der Waals surface area contributed by atoms with Crippen LogP contribution in [0.1, 0.15) is 43.9 Å². The van der Waals surface area contributed by atoms with Crippen molar-refractivity contribution in [3.8, 4) is 0 Å². The molecule has 0 atom stereocenters. The summed E-state index contributed by atoms with van der Waals surface area (Å²) in [6.45, 7) is 6.68. The minimum absolute atomic E-state index is 1.10. The van der Waals surface area contributed by atoms with Crippen molar-refractivity contribution in [2.75, 3.05) is 0 Å². The molecule has 0 radical (unpaired) electrons. The van der Waals surface area contributed by atoms with Crippen LogP contribution in [0.5, 0.6) is 0 Å². The Morgan fingerprint density at radius 2 is 1.65 bits per heavy atom. The first-order valence-electron chi connectivity index (χ1n) is 6.69. The molecule has 0 aliphatic rings. The van der Waals surface area contributed by atoms with E-state index < -0.39 is 0 Å². The third kappa shape index (κ3) is 2.33. The Kier molecular flexibility index (Phi) is 3.78. The van der Waals surface area contributed by atoms with E-state index >= 15 is 0 Å². The molecule has 1 heteroatoms. The van der Waals surface area contributed by atoms with E-state index in [9.17, 15) is 0 Å². The first kappa shape index (κ1) is 12.1. The lowest BCUT2D eigenvalue weighted by atomic mass is 9.96. The number of benzene rings is 1. The SMILES string of the molecule is CCCc1ccnc2cc(CC)c(CC)cc12. The Bertz CT molecular complexity index is 514. The molecule has 2 rings (SSSR count). The summed E-state index contributed by atoms with van der Waals surface area (Å²) in [6, 6.07) is 6.79. The van der Waals surface area contributed by atoms with E-state index in [1.807, 2.05) is 6.20 Å². The molecule has 1 aromatic carbocycles. The van der Waals surface area contributed by atoms with Crippen molar-refractivity contribution in [2.45, 2.75) is 46.5 Å². The molecular weight excluding hydrogens is 206 g/mol. The van der Waals surface area contributed by atoms with Gasteiger partial charge in [-0.1, -0.05) is 27.2 Å². The molecule has 1 aromatic heterocycles. The Labute approximate surface area is 104 Å². The van der Waals surface area contributed by atoms with E-state index in [2.05, 4.69) is 44.0 Å². The molecule has 2 aromatic rings. The van der Waals surface area contributed by atoms with Gasteiger partial charge in [0.1, 0.15) is 0 Å². The van der Waals surface area contributed by atoms with Crippen molar-refractivity contribution in [2.24, 2.45) is 0 Å². The fraction of sp³-hybridized carbons (Fsp3) is 0.438. The predicted molar refractivity (Wildman–Crippen MR) is 74.5 cm³/mol. The van der Waals surface area contributed by atoms with Crippen LogP contribution in [0.4, 0.5) is 0 Å². The van der Waals surface area contributed by atoms with Crippen LogP contribution in [0.15, 0.2) is 24.4 Å². The molecule has 0 saturated heterocycles. The topological polar surface area (TPSA) is 12.9 Å². The summed E-state index contributed by atoms with van der Waals surface area (Å²) < 4.78 is 0. The van der Waals surface area contributed by atoms with Gasteiger partial charge < -0.3 is 0 Å². The van der Waals surface area contributed by atoms with Crippen LogP contribution >= 0.6 is 0 Å². The summed E-state index contributed by atoms with van der Waals surface area (Å²) in [5.41, 5.74) is 5.52. The molecule has 0 aliphatic heterocycles. The van der Waals surface area contributed by atoms with E-state index in [0.717, 1.165) is 24.8 Å². The van der Waals surface area contributed by atoms with Crippen LogP contribution in [-0.2, 0) is 19.3 Å². The van der Waals surface area contributed by atoms with E-state index in [4.69, 9.17) is 0 Å². The Morgan fingerprint density at radius 3 is 2.29 bits per heavy atom. The molecule has 0 N–H and O–H groups in total. The monoisotopic (exact) mass is 227 g/mol. The molecule has 1 nitrogen and oxygen atoms in total. The second-order valence-electron chi connectivity index (χ2n) is 4.57. The number of aryl methyl sites for hydroxylation is 3. The third-order valence-electron chi connectivity index (χ3n) is 3.43. The van der Waals surface area contributed by atoms with Crippen LogP contribution in [0.25, 0.3) is 10.9 Å². The molecule has 0 bridgehead atoms. The Morgan fingerprint density at radius 1 is 0.941 bits per heavy atom. The molecule has 0 aliphatic carbocycles. The zero-order chi connectivity index (χ0) is 12.3. The normalized spacial score (nSPS) is 11.0. The largest absolute Gasteiger partial charge is 0.256 e. The van der Waals surface area contributed by atoms with Crippen molar-refractivity contribution in [3.63, 3.8) is 0 Å². The predicted octanol–water partition coefficient (Wildman–Crippen LogP) is 4.31. The number of fused-ring (bicyclic) bond motifs is 1. The first-order chi connectivity index (χ1) is 8.30. The Hall–Kier alpha value is -1.37. The smallest absolute Gasteiger partial charge is 0.0707 e. The highest BCUT2D eigenvalue weighted by atomic mass is 14.6. The summed E-state index contributed by atoms with van der Waals surface area (Å²) in [4.78, 5) is 4.51. The average Bonchev–Trinajstić information content (AvgIpc) is 2.38. The van der Waals surface area contributed by atoms with E-state index in [1.54, 1.807) is 0 Å². The van der Waals surface area contributed by atoms with Gasteiger partial charge in [-0.3, -0.25) is 4.98 Å². The second kappa shape index (κ2) is 5.31. The number of hydrogen-bond acceptors (Lipinski definition) is 1. The summed E-state index contributed by atoms with van der Waals surface area (Å²) in [7, 11) is 0. The van der Waals surface area contributed by atoms with Crippen molar-refractivity contribution in [1.82, 2.24) is 4.98 Å². The lowest BCUT2D eigenvalue weighted by molar-refractivity contribution is 0.926. The van der Waals surface area contributed by atoms with Gasteiger partial charge in [-0.25, -0.2) is 0 Å². The highest BCUT2D eigenvalue weighted by Crippen LogP contribution is 2.23. The lowest BCUT2D eigenvalue weighted by Gasteiger charge is -2.10. The maximum Gasteiger partial charge on any atom is 0.0707 e. The second-order valence-corrected chi connectivity index (χ2v) is 4.57. The number of aromatic nitrogens is 1. The van der Waals surface area contributed by atoms with Gasteiger partial charge in [-0.05, 0) is 54.2 Å². The van der Waals surface area contributed by atoms with E-state index in [1.165, 1.54) is 28.5 Å². The van der Waals surface area contributed by atoms with Gasteiger partial charge >= 0.3 is 0 Å². The van der Waals surface area contributed by atoms with Crippen LogP contribution < -0.4 is 0 Å². The molecule has 0 amide bonds. The van der Waals surface area contributed by atoms with Gasteiger partial charge in [0.15, 0.2) is 0 Å². The quantitative estimate of drug-likeness (QED) is 0.758. The van der Waals surface area contributed by atoms with Gasteiger partial charge in [0.2, 0.25) is 0 Å². The molecule has 0 fully saturated rings. The first-order valence-corrected chi connectivity index (χ1v) is 6.69. The highest BCUT2D eigenvalue weighted by Gasteiger charge is 2.06. The molecular formula is C16H21N. The van der Waals surface area contributed by atoms with Crippen LogP contribution in [0.2, 0.25) is 0 Å². The molecule has 0 unspecified atom stereocenters. The molecule has 1 heterocycles. The molecule has 0 saturated carbocycles. The lowest BCUT2D eigenvalue weighted by Crippen LogP contribution is -1.95. The van der Waals surface area contributed by atoms with E-state index in [0.29, 0.717) is 0 Å². The molecule has 17 heavy (non-hydrogen) atoms. The minimum atomic E-state index is 1.10. The van der Waals surface area contributed by atoms with Crippen molar-refractivity contribution in [1.29, 1.82) is 0 Å². The zero-order valence-corrected chi connectivity index (χ0v) is 11.1. The summed E-state index contributed by atoms with van der Waals surface area (Å²) in [6.07, 6.45) is 6.49. The number of pyridine rings is 1. The van der Waals surface area contributed by atoms with Crippen molar-refractivity contribution >= 4 is 10.9 Å². The number of rotatable bonds is 4. The van der Waals surface area contributed by atoms with Crippen molar-refractivity contribution < 1.29 is 0 Å². The summed E-state index contributed by atoms with van der Waals surface area (Å²) >= 11 is 0. The Balaban J connectivity index is 2.64. The number of nitrogens with zero attached hydrogens (tertiary/aromatic N) is 1. The fourth-order valence-electron chi connectivity index (χ4n) is 2.48. The van der Waals surface area contributed by atoms with Crippen LogP contribution in [0, 0.1) is 0 Å². The number of hydrogen-bond donors (Lipinski definition) is 0. The van der Waals surface area contributed by atoms with Gasteiger partial charge in [-0.15, -0.1) is 0 Å². The summed E-state index contributed by atoms with van der Waals surface area (Å²) in [5, 5.41) is 1.35. The van der Waals surface area contributed by atoms with Gasteiger partial charge in [0, 0.05) is 11.6 Å². The van der Waals surface area contributed by atoms with Gasteiger partial charge in [0.25, 0.3) is 0 Å². The van der Waals surface area contributed by atoms with E-state index in [-0.39, 0.29) is 0 Å². The van der Waals surface area contributed by atoms with Crippen LogP contribution in [-0.4, -0.2) is 4.98 Å². The molecule has 0 spiro atoms. The third-order valence-corrected chi connectivity index (χ3v) is 3.43.